The third kappa shape index (κ3) is 2.79. The molecule has 0 unspecified atom stereocenters. The second kappa shape index (κ2) is 5.64. The summed E-state index contributed by atoms with van der Waals surface area (Å²) in [6, 6.07) is 11.8. The van der Waals surface area contributed by atoms with Gasteiger partial charge in [-0.2, -0.15) is 0 Å². The molecule has 0 spiro atoms. The number of hydrogen-bond donors (Lipinski definition) is 1. The molecule has 21 heavy (non-hydrogen) atoms. The molecule has 3 rings (SSSR count). The van der Waals surface area contributed by atoms with E-state index in [0.29, 0.717) is 12.3 Å². The van der Waals surface area contributed by atoms with E-state index in [2.05, 4.69) is 6.92 Å². The number of rotatable bonds is 5. The van der Waals surface area contributed by atoms with Gasteiger partial charge in [-0.25, -0.2) is 0 Å². The first-order valence-electron chi connectivity index (χ1n) is 7.45. The topological polar surface area (TPSA) is 57.2 Å². The van der Waals surface area contributed by atoms with Gasteiger partial charge in [0, 0.05) is 11.6 Å². The van der Waals surface area contributed by atoms with Gasteiger partial charge in [0.15, 0.2) is 0 Å². The predicted octanol–water partition coefficient (Wildman–Crippen LogP) is 3.22. The van der Waals surface area contributed by atoms with Crippen LogP contribution in [0.15, 0.2) is 41.2 Å². The first kappa shape index (κ1) is 13.7. The Bertz CT molecular complexity index is 702. The van der Waals surface area contributed by atoms with E-state index in [0.717, 1.165) is 36.3 Å². The molecule has 2 aromatic rings. The SMILES string of the molecule is CCCOc1cccc(-c2ccc(N)c(=O)n2C2CC2)c1. The summed E-state index contributed by atoms with van der Waals surface area (Å²) in [6.07, 6.45) is 3.06. The molecule has 1 aliphatic carbocycles. The summed E-state index contributed by atoms with van der Waals surface area (Å²) in [7, 11) is 0. The summed E-state index contributed by atoms with van der Waals surface area (Å²) in [4.78, 5) is 12.3. The van der Waals surface area contributed by atoms with Gasteiger partial charge < -0.3 is 15.0 Å². The quantitative estimate of drug-likeness (QED) is 0.917. The molecule has 0 atom stereocenters. The fraction of sp³-hybridized carbons (Fsp3) is 0.353. The number of nitrogens with zero attached hydrogens (tertiary/aromatic N) is 1. The van der Waals surface area contributed by atoms with E-state index < -0.39 is 0 Å². The number of nitrogens with two attached hydrogens (primary N) is 1. The molecule has 1 aromatic heterocycles. The van der Waals surface area contributed by atoms with Crippen molar-refractivity contribution < 1.29 is 4.74 Å². The van der Waals surface area contributed by atoms with Gasteiger partial charge in [-0.05, 0) is 43.5 Å². The third-order valence-corrected chi connectivity index (χ3v) is 3.66. The molecule has 4 heteroatoms. The molecule has 1 aliphatic rings. The first-order valence-corrected chi connectivity index (χ1v) is 7.45. The summed E-state index contributed by atoms with van der Waals surface area (Å²) in [5.74, 6) is 0.834. The van der Waals surface area contributed by atoms with Crippen molar-refractivity contribution in [3.8, 4) is 17.0 Å². The average Bonchev–Trinajstić information content (AvgIpc) is 3.32. The lowest BCUT2D eigenvalue weighted by molar-refractivity contribution is 0.317. The molecule has 1 aromatic carbocycles. The highest BCUT2D eigenvalue weighted by molar-refractivity contribution is 5.63. The largest absolute Gasteiger partial charge is 0.494 e. The van der Waals surface area contributed by atoms with Crippen molar-refractivity contribution >= 4 is 5.69 Å². The maximum atomic E-state index is 12.3. The molecule has 0 amide bonds. The summed E-state index contributed by atoms with van der Waals surface area (Å²) in [6.45, 7) is 2.77. The van der Waals surface area contributed by atoms with Gasteiger partial charge in [0.1, 0.15) is 5.75 Å². The van der Waals surface area contributed by atoms with E-state index in [-0.39, 0.29) is 11.6 Å². The molecular formula is C17H20N2O2. The van der Waals surface area contributed by atoms with E-state index in [1.54, 1.807) is 6.07 Å². The number of pyridine rings is 1. The molecule has 1 fully saturated rings. The lowest BCUT2D eigenvalue weighted by Gasteiger charge is -2.14. The van der Waals surface area contributed by atoms with E-state index in [4.69, 9.17) is 10.5 Å². The molecule has 110 valence electrons. The molecule has 0 saturated heterocycles. The van der Waals surface area contributed by atoms with E-state index >= 15 is 0 Å². The Morgan fingerprint density at radius 1 is 1.29 bits per heavy atom. The van der Waals surface area contributed by atoms with Gasteiger partial charge in [0.05, 0.1) is 18.0 Å². The van der Waals surface area contributed by atoms with Gasteiger partial charge >= 0.3 is 0 Å². The zero-order valence-electron chi connectivity index (χ0n) is 12.2. The number of anilines is 1. The van der Waals surface area contributed by atoms with Gasteiger partial charge in [-0.3, -0.25) is 4.79 Å². The Balaban J connectivity index is 2.04. The maximum Gasteiger partial charge on any atom is 0.274 e. The standard InChI is InChI=1S/C17H20N2O2/c1-2-10-21-14-5-3-4-12(11-14)16-9-8-15(18)17(20)19(16)13-6-7-13/h3-5,8-9,11,13H,2,6-7,10,18H2,1H3. The molecule has 0 radical (unpaired) electrons. The van der Waals surface area contributed by atoms with Crippen molar-refractivity contribution in [3.05, 3.63) is 46.8 Å². The van der Waals surface area contributed by atoms with Crippen molar-refractivity contribution in [1.29, 1.82) is 0 Å². The van der Waals surface area contributed by atoms with Crippen molar-refractivity contribution in [2.24, 2.45) is 0 Å². The van der Waals surface area contributed by atoms with E-state index in [1.165, 1.54) is 0 Å². The number of aromatic nitrogens is 1. The normalized spacial score (nSPS) is 14.1. The fourth-order valence-electron chi connectivity index (χ4n) is 2.46. The first-order chi connectivity index (χ1) is 10.2. The maximum absolute atomic E-state index is 12.3. The Kier molecular flexibility index (Phi) is 3.69. The van der Waals surface area contributed by atoms with Crippen LogP contribution in [-0.4, -0.2) is 11.2 Å². The molecule has 0 aliphatic heterocycles. The second-order valence-electron chi connectivity index (χ2n) is 5.46. The van der Waals surface area contributed by atoms with Crippen molar-refractivity contribution in [3.63, 3.8) is 0 Å². The molecule has 1 saturated carbocycles. The van der Waals surface area contributed by atoms with E-state index in [9.17, 15) is 4.79 Å². The van der Waals surface area contributed by atoms with E-state index in [1.807, 2.05) is 34.9 Å². The smallest absolute Gasteiger partial charge is 0.274 e. The van der Waals surface area contributed by atoms with Crippen LogP contribution in [0.25, 0.3) is 11.3 Å². The minimum atomic E-state index is -0.0881. The fourth-order valence-corrected chi connectivity index (χ4v) is 2.46. The summed E-state index contributed by atoms with van der Waals surface area (Å²) in [5, 5.41) is 0. The lowest BCUT2D eigenvalue weighted by Crippen LogP contribution is -2.23. The van der Waals surface area contributed by atoms with Crippen molar-refractivity contribution in [1.82, 2.24) is 4.57 Å². The molecule has 0 bridgehead atoms. The molecule has 2 N–H and O–H groups in total. The summed E-state index contributed by atoms with van der Waals surface area (Å²) < 4.78 is 7.50. The van der Waals surface area contributed by atoms with Crippen LogP contribution < -0.4 is 16.0 Å². The van der Waals surface area contributed by atoms with Crippen LogP contribution >= 0.6 is 0 Å². The van der Waals surface area contributed by atoms with Gasteiger partial charge in [0.2, 0.25) is 0 Å². The minimum absolute atomic E-state index is 0.0881. The summed E-state index contributed by atoms with van der Waals surface area (Å²) in [5.41, 5.74) is 7.90. The third-order valence-electron chi connectivity index (χ3n) is 3.66. The Hall–Kier alpha value is -2.23. The van der Waals surface area contributed by atoms with Crippen LogP contribution in [0.4, 0.5) is 5.69 Å². The van der Waals surface area contributed by atoms with Crippen LogP contribution in [-0.2, 0) is 0 Å². The monoisotopic (exact) mass is 284 g/mol. The highest BCUT2D eigenvalue weighted by atomic mass is 16.5. The molecule has 1 heterocycles. The van der Waals surface area contributed by atoms with Crippen LogP contribution in [0.1, 0.15) is 32.2 Å². The van der Waals surface area contributed by atoms with Gasteiger partial charge in [-0.1, -0.05) is 19.1 Å². The highest BCUT2D eigenvalue weighted by Crippen LogP contribution is 2.37. The highest BCUT2D eigenvalue weighted by Gasteiger charge is 2.27. The predicted molar refractivity (Wildman–Crippen MR) is 84.6 cm³/mol. The Morgan fingerprint density at radius 2 is 2.10 bits per heavy atom. The Labute approximate surface area is 124 Å². The van der Waals surface area contributed by atoms with Crippen LogP contribution in [0.3, 0.4) is 0 Å². The average molecular weight is 284 g/mol. The van der Waals surface area contributed by atoms with Crippen molar-refractivity contribution in [2.45, 2.75) is 32.2 Å². The zero-order chi connectivity index (χ0) is 14.8. The zero-order valence-corrected chi connectivity index (χ0v) is 12.2. The Morgan fingerprint density at radius 3 is 2.81 bits per heavy atom. The number of ether oxygens (including phenoxy) is 1. The van der Waals surface area contributed by atoms with Gasteiger partial charge in [-0.15, -0.1) is 0 Å². The molecular weight excluding hydrogens is 264 g/mol. The second-order valence-corrected chi connectivity index (χ2v) is 5.46. The minimum Gasteiger partial charge on any atom is -0.494 e. The lowest BCUT2D eigenvalue weighted by atomic mass is 10.1. The van der Waals surface area contributed by atoms with Crippen LogP contribution in [0, 0.1) is 0 Å². The summed E-state index contributed by atoms with van der Waals surface area (Å²) >= 11 is 0. The van der Waals surface area contributed by atoms with Gasteiger partial charge in [0.25, 0.3) is 5.56 Å². The number of benzene rings is 1. The van der Waals surface area contributed by atoms with Crippen molar-refractivity contribution in [2.75, 3.05) is 12.3 Å². The number of hydrogen-bond acceptors (Lipinski definition) is 3. The molecule has 4 nitrogen and oxygen atoms in total. The van der Waals surface area contributed by atoms with Crippen LogP contribution in [0.2, 0.25) is 0 Å². The van der Waals surface area contributed by atoms with Crippen LogP contribution in [0.5, 0.6) is 5.75 Å². The number of nitrogen functional groups attached to an aromatic ring is 1.